The molecule has 0 radical (unpaired) electrons. The van der Waals surface area contributed by atoms with E-state index in [9.17, 15) is 9.59 Å². The molecule has 4 nitrogen and oxygen atoms in total. The topological polar surface area (TPSA) is 74.6 Å². The summed E-state index contributed by atoms with van der Waals surface area (Å²) in [6.45, 7) is 3.24. The van der Waals surface area contributed by atoms with E-state index in [0.717, 1.165) is 0 Å². The molecule has 0 heterocycles. The first-order chi connectivity index (χ1) is 4.83. The molecule has 0 unspecified atom stereocenters. The molecule has 6 heteroatoms. The molecule has 0 saturated heterocycles. The van der Waals surface area contributed by atoms with Crippen LogP contribution in [0.3, 0.4) is 0 Å². The van der Waals surface area contributed by atoms with Crippen LogP contribution in [-0.2, 0) is 9.59 Å². The summed E-state index contributed by atoms with van der Waals surface area (Å²) in [5.74, 6) is -1.92. The third-order valence-electron chi connectivity index (χ3n) is 1.26. The summed E-state index contributed by atoms with van der Waals surface area (Å²) in [4.78, 5) is 20.4. The average molecular weight is 208 g/mol. The Morgan fingerprint density at radius 2 is 1.23 bits per heavy atom. The predicted octanol–water partition coefficient (Wildman–Crippen LogP) is -0.335. The van der Waals surface area contributed by atoms with Crippen molar-refractivity contribution >= 4 is 71.1 Å². The normalized spacial score (nSPS) is 9.38. The van der Waals surface area contributed by atoms with Crippen molar-refractivity contribution in [3.8, 4) is 0 Å². The zero-order valence-electron chi connectivity index (χ0n) is 6.63. The van der Waals surface area contributed by atoms with E-state index in [4.69, 9.17) is 10.2 Å². The Balaban J connectivity index is -0.000000500. The van der Waals surface area contributed by atoms with Gasteiger partial charge in [-0.25, -0.2) is 0 Å². The van der Waals surface area contributed by atoms with Crippen LogP contribution >= 0.6 is 0 Å². The molecular weight excluding hydrogens is 194 g/mol. The van der Waals surface area contributed by atoms with Gasteiger partial charge >= 0.3 is 71.1 Å². The maximum atomic E-state index is 10.2. The number of aliphatic carboxylic acids is 2. The number of carboxylic acid groups (broad SMARTS) is 2. The van der Waals surface area contributed by atoms with Crippen LogP contribution in [0.5, 0.6) is 0 Å². The van der Waals surface area contributed by atoms with Crippen molar-refractivity contribution in [2.24, 2.45) is 5.41 Å². The molecule has 68 valence electrons. The molecule has 0 aliphatic carbocycles. The van der Waals surface area contributed by atoms with E-state index in [1.807, 2.05) is 0 Å². The Morgan fingerprint density at radius 3 is 1.38 bits per heavy atom. The Labute approximate surface area is 122 Å². The minimum absolute atomic E-state index is 0. The van der Waals surface area contributed by atoms with Crippen LogP contribution in [0.4, 0.5) is 0 Å². The molecule has 0 aromatic heterocycles. The van der Waals surface area contributed by atoms with Crippen LogP contribution in [0.1, 0.15) is 26.7 Å². The van der Waals surface area contributed by atoms with E-state index >= 15 is 0 Å². The Hall–Kier alpha value is 0.940. The molecule has 0 fully saturated rings. The zero-order valence-corrected chi connectivity index (χ0v) is 6.63. The predicted molar refractivity (Wildman–Crippen MR) is 52.6 cm³/mol. The first kappa shape index (κ1) is 19.5. The number of rotatable bonds is 4. The first-order valence-corrected chi connectivity index (χ1v) is 3.27. The van der Waals surface area contributed by atoms with Gasteiger partial charge in [0.2, 0.25) is 0 Å². The summed E-state index contributed by atoms with van der Waals surface area (Å²) in [6.07, 6.45) is -0.224. The molecule has 13 heavy (non-hydrogen) atoms. The Bertz CT molecular complexity index is 161. The fraction of sp³-hybridized carbons (Fsp3) is 0.714. The molecule has 0 aliphatic heterocycles. The van der Waals surface area contributed by atoms with Gasteiger partial charge in [0.05, 0.1) is 12.8 Å². The summed E-state index contributed by atoms with van der Waals surface area (Å²) in [5.41, 5.74) is -0.655. The standard InChI is InChI=1S/C7H12O4.2Na.2H/c1-7(2,3-5(8)9)4-6(10)11;;;;/h3-4H2,1-2H3,(H,8,9)(H,10,11);;;;. The summed E-state index contributed by atoms with van der Waals surface area (Å²) in [5, 5.41) is 16.7. The number of hydrogen-bond acceptors (Lipinski definition) is 2. The van der Waals surface area contributed by atoms with Crippen molar-refractivity contribution in [2.75, 3.05) is 0 Å². The molecule has 0 saturated carbocycles. The van der Waals surface area contributed by atoms with E-state index in [-0.39, 0.29) is 72.0 Å². The third kappa shape index (κ3) is 12.9. The van der Waals surface area contributed by atoms with Gasteiger partial charge in [-0.15, -0.1) is 0 Å². The van der Waals surface area contributed by atoms with Gasteiger partial charge in [0.15, 0.2) is 0 Å². The minimum atomic E-state index is -0.962. The van der Waals surface area contributed by atoms with Gasteiger partial charge in [-0.3, -0.25) is 9.59 Å². The van der Waals surface area contributed by atoms with Crippen LogP contribution in [-0.4, -0.2) is 81.3 Å². The van der Waals surface area contributed by atoms with Gasteiger partial charge < -0.3 is 10.2 Å². The Kier molecular flexibility index (Phi) is 12.4. The molecule has 2 N–H and O–H groups in total. The molecule has 0 amide bonds. The van der Waals surface area contributed by atoms with E-state index in [0.29, 0.717) is 0 Å². The molecular formula is C7H14Na2O4. The molecule has 0 spiro atoms. The monoisotopic (exact) mass is 208 g/mol. The van der Waals surface area contributed by atoms with Crippen molar-refractivity contribution in [3.63, 3.8) is 0 Å². The molecule has 0 rings (SSSR count). The van der Waals surface area contributed by atoms with E-state index in [1.54, 1.807) is 13.8 Å². The quantitative estimate of drug-likeness (QED) is 0.620. The molecule has 0 aromatic rings. The van der Waals surface area contributed by atoms with E-state index in [2.05, 4.69) is 0 Å². The number of carboxylic acids is 2. The maximum absolute atomic E-state index is 10.2. The van der Waals surface area contributed by atoms with Gasteiger partial charge in [-0.1, -0.05) is 13.8 Å². The molecule has 0 aliphatic rings. The van der Waals surface area contributed by atoms with Crippen LogP contribution in [0.25, 0.3) is 0 Å². The number of hydrogen-bond donors (Lipinski definition) is 2. The average Bonchev–Trinajstić information content (AvgIpc) is 1.53. The van der Waals surface area contributed by atoms with Crippen LogP contribution in [0.2, 0.25) is 0 Å². The summed E-state index contributed by atoms with van der Waals surface area (Å²) >= 11 is 0. The van der Waals surface area contributed by atoms with Crippen molar-refractivity contribution < 1.29 is 19.8 Å². The van der Waals surface area contributed by atoms with Crippen molar-refractivity contribution in [1.29, 1.82) is 0 Å². The second kappa shape index (κ2) is 8.26. The fourth-order valence-electron chi connectivity index (χ4n) is 0.881. The van der Waals surface area contributed by atoms with Crippen molar-refractivity contribution in [3.05, 3.63) is 0 Å². The number of carbonyl (C=O) groups is 2. The molecule has 0 bridgehead atoms. The summed E-state index contributed by atoms with van der Waals surface area (Å²) in [7, 11) is 0. The van der Waals surface area contributed by atoms with Gasteiger partial charge in [-0.05, 0) is 5.41 Å². The van der Waals surface area contributed by atoms with Gasteiger partial charge in [0.25, 0.3) is 0 Å². The molecule has 0 atom stereocenters. The van der Waals surface area contributed by atoms with Crippen molar-refractivity contribution in [1.82, 2.24) is 0 Å². The Morgan fingerprint density at radius 1 is 1.00 bits per heavy atom. The zero-order chi connectivity index (χ0) is 9.07. The SMILES string of the molecule is CC(C)(CC(=O)O)CC(=O)O.[NaH].[NaH]. The van der Waals surface area contributed by atoms with Crippen LogP contribution in [0, 0.1) is 5.41 Å². The fourth-order valence-corrected chi connectivity index (χ4v) is 0.881. The van der Waals surface area contributed by atoms with E-state index in [1.165, 1.54) is 0 Å². The van der Waals surface area contributed by atoms with Gasteiger partial charge in [0.1, 0.15) is 0 Å². The molecule has 0 aromatic carbocycles. The van der Waals surface area contributed by atoms with Gasteiger partial charge in [0, 0.05) is 0 Å². The second-order valence-corrected chi connectivity index (χ2v) is 3.31. The summed E-state index contributed by atoms with van der Waals surface area (Å²) in [6, 6.07) is 0. The summed E-state index contributed by atoms with van der Waals surface area (Å²) < 4.78 is 0. The second-order valence-electron chi connectivity index (χ2n) is 3.31. The van der Waals surface area contributed by atoms with Crippen LogP contribution < -0.4 is 0 Å². The van der Waals surface area contributed by atoms with Gasteiger partial charge in [-0.2, -0.15) is 0 Å². The van der Waals surface area contributed by atoms with Crippen LogP contribution in [0.15, 0.2) is 0 Å². The first-order valence-electron chi connectivity index (χ1n) is 3.27. The van der Waals surface area contributed by atoms with Crippen molar-refractivity contribution in [2.45, 2.75) is 26.7 Å². The van der Waals surface area contributed by atoms with E-state index < -0.39 is 17.4 Å². The third-order valence-corrected chi connectivity index (χ3v) is 1.26.